The van der Waals surface area contributed by atoms with E-state index in [9.17, 15) is 4.79 Å². The molecule has 2 aromatic carbocycles. The van der Waals surface area contributed by atoms with Crippen molar-refractivity contribution in [1.29, 1.82) is 0 Å². The number of hydrogen-bond acceptors (Lipinski definition) is 5. The van der Waals surface area contributed by atoms with Gasteiger partial charge in [-0.05, 0) is 30.2 Å². The molecule has 0 aliphatic carbocycles. The number of hydrogen-bond donors (Lipinski definition) is 1. The number of thiazole rings is 1. The number of carbonyl (C=O) groups is 1. The molecule has 142 valence electrons. The molecule has 2 heterocycles. The molecule has 0 aliphatic heterocycles. The van der Waals surface area contributed by atoms with Crippen LogP contribution in [0.3, 0.4) is 0 Å². The van der Waals surface area contributed by atoms with Crippen molar-refractivity contribution in [1.82, 2.24) is 19.9 Å². The summed E-state index contributed by atoms with van der Waals surface area (Å²) in [4.78, 5) is 21.4. The highest BCUT2D eigenvalue weighted by Gasteiger charge is 2.18. The first kappa shape index (κ1) is 18.2. The third kappa shape index (κ3) is 4.20. The molecule has 0 saturated carbocycles. The number of rotatable bonds is 7. The van der Waals surface area contributed by atoms with E-state index in [4.69, 9.17) is 4.74 Å². The lowest BCUT2D eigenvalue weighted by Crippen LogP contribution is -2.39. The monoisotopic (exact) mass is 392 g/mol. The van der Waals surface area contributed by atoms with Crippen molar-refractivity contribution in [2.75, 3.05) is 7.11 Å². The normalized spacial score (nSPS) is 12.0. The average molecular weight is 392 g/mol. The van der Waals surface area contributed by atoms with Crippen LogP contribution in [0, 0.1) is 0 Å². The fraction of sp³-hybridized carbons (Fsp3) is 0.190. The van der Waals surface area contributed by atoms with Gasteiger partial charge in [0.2, 0.25) is 0 Å². The zero-order valence-corrected chi connectivity index (χ0v) is 16.2. The molecule has 4 rings (SSSR count). The Hall–Kier alpha value is -3.19. The van der Waals surface area contributed by atoms with Crippen molar-refractivity contribution in [3.8, 4) is 5.75 Å². The third-order valence-electron chi connectivity index (χ3n) is 4.44. The summed E-state index contributed by atoms with van der Waals surface area (Å²) in [6.45, 7) is 0.638. The van der Waals surface area contributed by atoms with Crippen molar-refractivity contribution in [3.63, 3.8) is 0 Å². The number of ether oxygens (including phenoxy) is 1. The standard InChI is InChI=1S/C21H20N4O2S/c1-27-17-7-8-18-19(12-17)28-21(24-18)20(26)23-16(13-25-10-9-22-14-25)11-15-5-3-2-4-6-15/h2-10,12,14,16H,11,13H2,1H3,(H,23,26)/t16-/m0/s1. The number of nitrogens with zero attached hydrogens (tertiary/aromatic N) is 3. The topological polar surface area (TPSA) is 69.0 Å². The molecule has 0 saturated heterocycles. The Labute approximate surface area is 166 Å². The summed E-state index contributed by atoms with van der Waals surface area (Å²) in [6.07, 6.45) is 6.12. The van der Waals surface area contributed by atoms with Gasteiger partial charge in [0.05, 0.1) is 29.7 Å². The molecule has 7 heteroatoms. The summed E-state index contributed by atoms with van der Waals surface area (Å²) >= 11 is 1.37. The number of aromatic nitrogens is 3. The lowest BCUT2D eigenvalue weighted by atomic mass is 10.1. The first-order valence-corrected chi connectivity index (χ1v) is 9.78. The fourth-order valence-corrected chi connectivity index (χ4v) is 3.98. The predicted octanol–water partition coefficient (Wildman–Crippen LogP) is 3.54. The second kappa shape index (κ2) is 8.22. The number of benzene rings is 2. The average Bonchev–Trinajstić information content (AvgIpc) is 3.37. The molecule has 0 spiro atoms. The van der Waals surface area contributed by atoms with Crippen LogP contribution in [0.15, 0.2) is 67.3 Å². The Bertz CT molecular complexity index is 1060. The third-order valence-corrected chi connectivity index (χ3v) is 5.46. The second-order valence-corrected chi connectivity index (χ2v) is 7.50. The number of carbonyl (C=O) groups excluding carboxylic acids is 1. The summed E-state index contributed by atoms with van der Waals surface area (Å²) in [5.74, 6) is 0.589. The van der Waals surface area contributed by atoms with Crippen LogP contribution in [0.2, 0.25) is 0 Å². The van der Waals surface area contributed by atoms with E-state index >= 15 is 0 Å². The molecule has 2 aromatic heterocycles. The van der Waals surface area contributed by atoms with E-state index in [1.165, 1.54) is 16.9 Å². The molecule has 4 aromatic rings. The number of methoxy groups -OCH3 is 1. The Balaban J connectivity index is 1.54. The molecule has 6 nitrogen and oxygen atoms in total. The number of nitrogens with one attached hydrogen (secondary N) is 1. The van der Waals surface area contributed by atoms with E-state index in [-0.39, 0.29) is 11.9 Å². The second-order valence-electron chi connectivity index (χ2n) is 6.47. The molecule has 0 unspecified atom stereocenters. The Morgan fingerprint density at radius 2 is 2.11 bits per heavy atom. The van der Waals surface area contributed by atoms with Gasteiger partial charge in [0, 0.05) is 18.9 Å². The van der Waals surface area contributed by atoms with Gasteiger partial charge in [-0.2, -0.15) is 0 Å². The van der Waals surface area contributed by atoms with Crippen molar-refractivity contribution in [2.45, 2.75) is 19.0 Å². The van der Waals surface area contributed by atoms with Gasteiger partial charge in [-0.3, -0.25) is 4.79 Å². The maximum absolute atomic E-state index is 12.9. The van der Waals surface area contributed by atoms with Gasteiger partial charge < -0.3 is 14.6 Å². The Morgan fingerprint density at radius 3 is 2.86 bits per heavy atom. The van der Waals surface area contributed by atoms with Gasteiger partial charge in [-0.25, -0.2) is 9.97 Å². The maximum atomic E-state index is 12.9. The molecule has 0 radical (unpaired) electrons. The van der Waals surface area contributed by atoms with Gasteiger partial charge in [0.15, 0.2) is 5.01 Å². The van der Waals surface area contributed by atoms with E-state index in [0.29, 0.717) is 11.6 Å². The van der Waals surface area contributed by atoms with Crippen LogP contribution in [0.5, 0.6) is 5.75 Å². The largest absolute Gasteiger partial charge is 0.497 e. The van der Waals surface area contributed by atoms with Gasteiger partial charge in [-0.1, -0.05) is 30.3 Å². The molecule has 1 N–H and O–H groups in total. The molecule has 0 aliphatic rings. The summed E-state index contributed by atoms with van der Waals surface area (Å²) in [5, 5.41) is 3.59. The SMILES string of the molecule is COc1ccc2nc(C(=O)N[C@@H](Cc3ccccc3)Cn3ccnc3)sc2c1. The van der Waals surface area contributed by atoms with Crippen LogP contribution in [0.4, 0.5) is 0 Å². The maximum Gasteiger partial charge on any atom is 0.280 e. The predicted molar refractivity (Wildman–Crippen MR) is 110 cm³/mol. The fourth-order valence-electron chi connectivity index (χ4n) is 3.09. The first-order chi connectivity index (χ1) is 13.7. The Kier molecular flexibility index (Phi) is 5.34. The lowest BCUT2D eigenvalue weighted by Gasteiger charge is -2.19. The number of amides is 1. The summed E-state index contributed by atoms with van der Waals surface area (Å²) in [7, 11) is 1.63. The first-order valence-electron chi connectivity index (χ1n) is 8.96. The van der Waals surface area contributed by atoms with Gasteiger partial charge >= 0.3 is 0 Å². The molecular weight excluding hydrogens is 372 g/mol. The molecular formula is C21H20N4O2S. The van der Waals surface area contributed by atoms with Crippen molar-refractivity contribution in [2.24, 2.45) is 0 Å². The number of fused-ring (bicyclic) bond motifs is 1. The quantitative estimate of drug-likeness (QED) is 0.522. The van der Waals surface area contributed by atoms with Crippen molar-refractivity contribution < 1.29 is 9.53 Å². The van der Waals surface area contributed by atoms with Crippen LogP contribution < -0.4 is 10.1 Å². The van der Waals surface area contributed by atoms with E-state index in [1.54, 1.807) is 19.6 Å². The summed E-state index contributed by atoms with van der Waals surface area (Å²) in [5.41, 5.74) is 1.96. The van der Waals surface area contributed by atoms with Gasteiger partial charge in [0.1, 0.15) is 5.75 Å². The van der Waals surface area contributed by atoms with E-state index < -0.39 is 0 Å². The van der Waals surface area contributed by atoms with Crippen molar-refractivity contribution >= 4 is 27.5 Å². The minimum Gasteiger partial charge on any atom is -0.497 e. The zero-order valence-electron chi connectivity index (χ0n) is 15.4. The minimum absolute atomic E-state index is 0.0781. The van der Waals surface area contributed by atoms with Gasteiger partial charge in [0.25, 0.3) is 5.91 Å². The van der Waals surface area contributed by atoms with Crippen LogP contribution in [-0.4, -0.2) is 33.6 Å². The van der Waals surface area contributed by atoms with E-state index in [0.717, 1.165) is 22.4 Å². The smallest absolute Gasteiger partial charge is 0.280 e. The highest BCUT2D eigenvalue weighted by molar-refractivity contribution is 7.20. The van der Waals surface area contributed by atoms with Crippen LogP contribution in [0.25, 0.3) is 10.2 Å². The molecule has 1 amide bonds. The Morgan fingerprint density at radius 1 is 1.25 bits per heavy atom. The van der Waals surface area contributed by atoms with E-state index in [2.05, 4.69) is 27.4 Å². The molecule has 28 heavy (non-hydrogen) atoms. The minimum atomic E-state index is -0.166. The summed E-state index contributed by atoms with van der Waals surface area (Å²) < 4.78 is 8.15. The summed E-state index contributed by atoms with van der Waals surface area (Å²) in [6, 6.07) is 15.7. The highest BCUT2D eigenvalue weighted by atomic mass is 32.1. The van der Waals surface area contributed by atoms with Crippen LogP contribution in [0.1, 0.15) is 15.4 Å². The van der Waals surface area contributed by atoms with Crippen molar-refractivity contribution in [3.05, 3.63) is 77.8 Å². The highest BCUT2D eigenvalue weighted by Crippen LogP contribution is 2.26. The number of imidazole rings is 1. The molecule has 0 fully saturated rings. The zero-order chi connectivity index (χ0) is 19.3. The van der Waals surface area contributed by atoms with Crippen LogP contribution >= 0.6 is 11.3 Å². The van der Waals surface area contributed by atoms with E-state index in [1.807, 2.05) is 47.2 Å². The van der Waals surface area contributed by atoms with Gasteiger partial charge in [-0.15, -0.1) is 11.3 Å². The molecule has 1 atom stereocenters. The van der Waals surface area contributed by atoms with Crippen LogP contribution in [-0.2, 0) is 13.0 Å². The molecule has 0 bridgehead atoms. The lowest BCUT2D eigenvalue weighted by molar-refractivity contribution is 0.0932.